The second kappa shape index (κ2) is 8.22. The summed E-state index contributed by atoms with van der Waals surface area (Å²) in [4.78, 5) is 27.9. The third kappa shape index (κ3) is 4.08. The maximum absolute atomic E-state index is 12.4. The quantitative estimate of drug-likeness (QED) is 0.438. The number of anilines is 1. The molecule has 8 nitrogen and oxygen atoms in total. The maximum Gasteiger partial charge on any atom is 0.254 e. The van der Waals surface area contributed by atoms with Gasteiger partial charge in [-0.25, -0.2) is 4.98 Å². The van der Waals surface area contributed by atoms with Crippen LogP contribution < -0.4 is 15.8 Å². The Hall–Kier alpha value is -3.91. The molecular formula is C21H16ClN5O3. The molecule has 0 unspecified atom stereocenters. The number of ether oxygens (including phenoxy) is 1. The molecule has 0 aliphatic rings. The number of aromatic nitrogens is 3. The van der Waals surface area contributed by atoms with E-state index in [4.69, 9.17) is 22.1 Å². The molecule has 0 bridgehead atoms. The number of pyridine rings is 1. The second-order valence-corrected chi connectivity index (χ2v) is 6.84. The lowest BCUT2D eigenvalue weighted by atomic mass is 10.1. The molecule has 0 fully saturated rings. The first-order chi connectivity index (χ1) is 14.5. The van der Waals surface area contributed by atoms with Crippen molar-refractivity contribution in [2.75, 3.05) is 5.32 Å². The van der Waals surface area contributed by atoms with Crippen LogP contribution in [0.2, 0.25) is 5.02 Å². The molecule has 0 aliphatic carbocycles. The molecule has 2 aromatic carbocycles. The topological polar surface area (TPSA) is 123 Å². The highest BCUT2D eigenvalue weighted by Gasteiger charge is 2.14. The van der Waals surface area contributed by atoms with E-state index in [-0.39, 0.29) is 28.8 Å². The van der Waals surface area contributed by atoms with Crippen molar-refractivity contribution in [3.63, 3.8) is 0 Å². The van der Waals surface area contributed by atoms with Gasteiger partial charge in [-0.1, -0.05) is 29.8 Å². The minimum Gasteiger partial charge on any atom is -0.437 e. The van der Waals surface area contributed by atoms with Crippen LogP contribution in [-0.2, 0) is 11.2 Å². The fraction of sp³-hybridized carbons (Fsp3) is 0.0476. The van der Waals surface area contributed by atoms with Crippen LogP contribution in [0.3, 0.4) is 0 Å². The SMILES string of the molecule is NC(=O)c1cccnc1Oc1ccc(CC(=O)Nc2n[nH]c3ccccc23)cc1Cl. The summed E-state index contributed by atoms with van der Waals surface area (Å²) < 4.78 is 5.64. The number of benzene rings is 2. The first-order valence-corrected chi connectivity index (χ1v) is 9.33. The number of carbonyl (C=O) groups excluding carboxylic acids is 2. The molecule has 0 atom stereocenters. The molecule has 0 radical (unpaired) electrons. The Morgan fingerprint density at radius 1 is 1.13 bits per heavy atom. The fourth-order valence-electron chi connectivity index (χ4n) is 2.92. The van der Waals surface area contributed by atoms with Gasteiger partial charge in [0.25, 0.3) is 5.91 Å². The highest BCUT2D eigenvalue weighted by atomic mass is 35.5. The van der Waals surface area contributed by atoms with E-state index in [1.807, 2.05) is 24.3 Å². The average Bonchev–Trinajstić information content (AvgIpc) is 3.13. The second-order valence-electron chi connectivity index (χ2n) is 6.43. The summed E-state index contributed by atoms with van der Waals surface area (Å²) in [6, 6.07) is 15.5. The molecule has 30 heavy (non-hydrogen) atoms. The third-order valence-corrected chi connectivity index (χ3v) is 4.63. The van der Waals surface area contributed by atoms with Gasteiger partial charge in [0.15, 0.2) is 5.82 Å². The van der Waals surface area contributed by atoms with E-state index in [2.05, 4.69) is 20.5 Å². The van der Waals surface area contributed by atoms with Crippen molar-refractivity contribution in [1.82, 2.24) is 15.2 Å². The Morgan fingerprint density at radius 3 is 2.77 bits per heavy atom. The molecule has 4 aromatic rings. The lowest BCUT2D eigenvalue weighted by Gasteiger charge is -2.10. The smallest absolute Gasteiger partial charge is 0.254 e. The summed E-state index contributed by atoms with van der Waals surface area (Å²) in [6.07, 6.45) is 1.57. The molecule has 2 heterocycles. The van der Waals surface area contributed by atoms with Gasteiger partial charge in [-0.15, -0.1) is 0 Å². The van der Waals surface area contributed by atoms with Crippen LogP contribution in [-0.4, -0.2) is 27.0 Å². The minimum absolute atomic E-state index is 0.0582. The Balaban J connectivity index is 1.47. The number of hydrogen-bond donors (Lipinski definition) is 3. The highest BCUT2D eigenvalue weighted by molar-refractivity contribution is 6.32. The van der Waals surface area contributed by atoms with E-state index in [0.29, 0.717) is 17.1 Å². The number of para-hydroxylation sites is 1. The van der Waals surface area contributed by atoms with Crippen LogP contribution in [0, 0.1) is 0 Å². The normalized spacial score (nSPS) is 10.7. The summed E-state index contributed by atoms with van der Waals surface area (Å²) in [5, 5.41) is 10.9. The van der Waals surface area contributed by atoms with Crippen LogP contribution in [0.25, 0.3) is 10.9 Å². The van der Waals surface area contributed by atoms with E-state index in [1.54, 1.807) is 24.3 Å². The van der Waals surface area contributed by atoms with E-state index in [9.17, 15) is 9.59 Å². The number of carbonyl (C=O) groups is 2. The van der Waals surface area contributed by atoms with Crippen LogP contribution in [0.15, 0.2) is 60.8 Å². The summed E-state index contributed by atoms with van der Waals surface area (Å²) in [7, 11) is 0. The molecule has 4 rings (SSSR count). The Labute approximate surface area is 176 Å². The van der Waals surface area contributed by atoms with Gasteiger partial charge in [0.05, 0.1) is 17.0 Å². The van der Waals surface area contributed by atoms with Gasteiger partial charge in [-0.3, -0.25) is 14.7 Å². The van der Waals surface area contributed by atoms with Crippen molar-refractivity contribution in [2.24, 2.45) is 5.73 Å². The number of fused-ring (bicyclic) bond motifs is 1. The van der Waals surface area contributed by atoms with Gasteiger partial charge in [0.1, 0.15) is 11.3 Å². The molecular weight excluding hydrogens is 406 g/mol. The summed E-state index contributed by atoms with van der Waals surface area (Å²) in [6.45, 7) is 0. The Morgan fingerprint density at radius 2 is 1.97 bits per heavy atom. The standard InChI is InChI=1S/C21H16ClN5O3/c22-15-10-12(7-8-17(15)30-21-14(19(23)29)5-3-9-24-21)11-18(28)25-20-13-4-1-2-6-16(13)26-27-20/h1-10H,11H2,(H2,23,29)(H2,25,26,27,28). The highest BCUT2D eigenvalue weighted by Crippen LogP contribution is 2.31. The fourth-order valence-corrected chi connectivity index (χ4v) is 3.16. The first kappa shape index (κ1) is 19.4. The third-order valence-electron chi connectivity index (χ3n) is 4.33. The van der Waals surface area contributed by atoms with E-state index < -0.39 is 5.91 Å². The van der Waals surface area contributed by atoms with Gasteiger partial charge >= 0.3 is 0 Å². The van der Waals surface area contributed by atoms with Gasteiger partial charge in [0.2, 0.25) is 11.8 Å². The molecule has 4 N–H and O–H groups in total. The van der Waals surface area contributed by atoms with Crippen LogP contribution >= 0.6 is 11.6 Å². The Bertz CT molecular complexity index is 1250. The lowest BCUT2D eigenvalue weighted by molar-refractivity contribution is -0.115. The maximum atomic E-state index is 12.4. The molecule has 0 aliphatic heterocycles. The van der Waals surface area contributed by atoms with Gasteiger partial charge < -0.3 is 15.8 Å². The van der Waals surface area contributed by atoms with Crippen LogP contribution in [0.5, 0.6) is 11.6 Å². The van der Waals surface area contributed by atoms with Crippen molar-refractivity contribution in [1.29, 1.82) is 0 Å². The molecule has 2 aromatic heterocycles. The molecule has 2 amide bonds. The van der Waals surface area contributed by atoms with Crippen LogP contribution in [0.4, 0.5) is 5.82 Å². The molecule has 0 saturated carbocycles. The molecule has 0 saturated heterocycles. The van der Waals surface area contributed by atoms with Gasteiger partial charge in [-0.2, -0.15) is 5.10 Å². The number of nitrogens with zero attached hydrogens (tertiary/aromatic N) is 2. The van der Waals surface area contributed by atoms with E-state index in [1.165, 1.54) is 12.3 Å². The van der Waals surface area contributed by atoms with Crippen molar-refractivity contribution < 1.29 is 14.3 Å². The van der Waals surface area contributed by atoms with Crippen molar-refractivity contribution in [3.8, 4) is 11.6 Å². The average molecular weight is 422 g/mol. The molecule has 9 heteroatoms. The number of primary amides is 1. The zero-order valence-electron chi connectivity index (χ0n) is 15.6. The van der Waals surface area contributed by atoms with Crippen molar-refractivity contribution in [2.45, 2.75) is 6.42 Å². The number of halogens is 1. The number of amides is 2. The summed E-state index contributed by atoms with van der Waals surface area (Å²) in [5.74, 6) is -0.0787. The molecule has 0 spiro atoms. The summed E-state index contributed by atoms with van der Waals surface area (Å²) in [5.41, 5.74) is 6.99. The summed E-state index contributed by atoms with van der Waals surface area (Å²) >= 11 is 6.30. The largest absolute Gasteiger partial charge is 0.437 e. The molecule has 150 valence electrons. The van der Waals surface area contributed by atoms with E-state index >= 15 is 0 Å². The number of nitrogens with two attached hydrogens (primary N) is 1. The zero-order chi connectivity index (χ0) is 21.1. The first-order valence-electron chi connectivity index (χ1n) is 8.95. The number of hydrogen-bond acceptors (Lipinski definition) is 5. The van der Waals surface area contributed by atoms with E-state index in [0.717, 1.165) is 10.9 Å². The number of nitrogens with one attached hydrogen (secondary N) is 2. The lowest BCUT2D eigenvalue weighted by Crippen LogP contribution is -2.15. The van der Waals surface area contributed by atoms with Crippen molar-refractivity contribution in [3.05, 3.63) is 76.9 Å². The zero-order valence-corrected chi connectivity index (χ0v) is 16.3. The number of H-pyrrole nitrogens is 1. The minimum atomic E-state index is -0.659. The Kier molecular flexibility index (Phi) is 5.32. The predicted octanol–water partition coefficient (Wildman–Crippen LogP) is 3.68. The van der Waals surface area contributed by atoms with Gasteiger partial charge in [-0.05, 0) is 42.0 Å². The van der Waals surface area contributed by atoms with Crippen molar-refractivity contribution >= 4 is 40.1 Å². The van der Waals surface area contributed by atoms with Gasteiger partial charge in [0, 0.05) is 11.6 Å². The predicted molar refractivity (Wildman–Crippen MR) is 113 cm³/mol. The number of rotatable bonds is 6. The van der Waals surface area contributed by atoms with Crippen LogP contribution in [0.1, 0.15) is 15.9 Å². The monoisotopic (exact) mass is 421 g/mol. The number of aromatic amines is 1.